The minimum Gasteiger partial charge on any atom is -0.507 e. The Kier molecular flexibility index (Phi) is 11.5. The lowest BCUT2D eigenvalue weighted by Crippen LogP contribution is -2.64. The highest BCUT2D eigenvalue weighted by atomic mass is 16.8. The molecule has 3 aliphatic heterocycles. The number of phenols is 2. The first-order valence-electron chi connectivity index (χ1n) is 16.4. The van der Waals surface area contributed by atoms with Crippen molar-refractivity contribution in [2.75, 3.05) is 13.2 Å². The highest BCUT2D eigenvalue weighted by Gasteiger charge is 2.51. The van der Waals surface area contributed by atoms with Gasteiger partial charge in [-0.1, -0.05) is 0 Å². The second-order valence-electron chi connectivity index (χ2n) is 12.9. The topological polar surface area (TPSA) is 328 Å². The highest BCUT2D eigenvalue weighted by Crippen LogP contribution is 2.37. The van der Waals surface area contributed by atoms with Crippen LogP contribution in [-0.4, -0.2) is 167 Å². The number of aromatic hydroxyl groups is 2. The minimum absolute atomic E-state index is 0.119. The lowest BCUT2D eigenvalue weighted by atomic mass is 9.97. The van der Waals surface area contributed by atoms with Gasteiger partial charge in [-0.2, -0.15) is 0 Å². The van der Waals surface area contributed by atoms with Crippen LogP contribution in [0.5, 0.6) is 23.0 Å². The molecule has 3 aliphatic rings. The number of ether oxygens (including phenoxy) is 6. The van der Waals surface area contributed by atoms with Gasteiger partial charge in [0, 0.05) is 23.8 Å². The van der Waals surface area contributed by atoms with E-state index in [-0.39, 0.29) is 33.8 Å². The predicted octanol–water partition coefficient (Wildman–Crippen LogP) is -3.92. The predicted molar refractivity (Wildman–Crippen MR) is 171 cm³/mol. The summed E-state index contributed by atoms with van der Waals surface area (Å²) in [6.45, 7) is -0.0943. The maximum Gasteiger partial charge on any atom is 0.229 e. The minimum atomic E-state index is -1.83. The molecule has 4 heterocycles. The first-order chi connectivity index (χ1) is 25.1. The fourth-order valence-corrected chi connectivity index (χ4v) is 6.22. The molecule has 20 nitrogen and oxygen atoms in total. The third-order valence-corrected chi connectivity index (χ3v) is 9.29. The molecule has 0 unspecified atom stereocenters. The van der Waals surface area contributed by atoms with E-state index in [1.807, 2.05) is 0 Å². The fourth-order valence-electron chi connectivity index (χ4n) is 6.22. The summed E-state index contributed by atoms with van der Waals surface area (Å²) in [6, 6.07) is 6.89. The number of fused-ring (bicyclic) bond motifs is 1. The molecular formula is C33H40O20. The van der Waals surface area contributed by atoms with E-state index < -0.39 is 122 Å². The van der Waals surface area contributed by atoms with Crippen molar-refractivity contribution in [3.05, 3.63) is 46.6 Å². The van der Waals surface area contributed by atoms with Crippen molar-refractivity contribution in [3.8, 4) is 34.3 Å². The summed E-state index contributed by atoms with van der Waals surface area (Å²) in [7, 11) is 0. The van der Waals surface area contributed by atoms with Crippen LogP contribution in [0.2, 0.25) is 0 Å². The van der Waals surface area contributed by atoms with Crippen molar-refractivity contribution in [2.24, 2.45) is 0 Å². The summed E-state index contributed by atoms with van der Waals surface area (Å²) < 4.78 is 39.3. The Bertz CT molecular complexity index is 1800. The first kappa shape index (κ1) is 39.0. The Morgan fingerprint density at radius 3 is 1.92 bits per heavy atom. The van der Waals surface area contributed by atoms with Crippen LogP contribution in [0.3, 0.4) is 0 Å². The van der Waals surface area contributed by atoms with Crippen LogP contribution in [-0.2, 0) is 18.9 Å². The molecule has 3 aromatic rings. The molecule has 15 atom stereocenters. The van der Waals surface area contributed by atoms with Crippen molar-refractivity contribution in [1.82, 2.24) is 0 Å². The zero-order valence-corrected chi connectivity index (χ0v) is 27.7. The van der Waals surface area contributed by atoms with Gasteiger partial charge in [0.25, 0.3) is 0 Å². The summed E-state index contributed by atoms with van der Waals surface area (Å²) in [5.74, 6) is -1.77. The molecule has 3 fully saturated rings. The van der Waals surface area contributed by atoms with E-state index in [2.05, 4.69) is 0 Å². The molecule has 3 saturated heterocycles. The number of aliphatic hydroxyl groups excluding tert-OH is 10. The molecule has 2 aromatic carbocycles. The second-order valence-corrected chi connectivity index (χ2v) is 12.9. The summed E-state index contributed by atoms with van der Waals surface area (Å²) in [5.41, 5.74) is -0.847. The Hall–Kier alpha value is -3.71. The molecule has 0 aliphatic carbocycles. The summed E-state index contributed by atoms with van der Waals surface area (Å²) in [4.78, 5) is 13.1. The molecule has 0 amide bonds. The van der Waals surface area contributed by atoms with Gasteiger partial charge >= 0.3 is 0 Å². The molecule has 292 valence electrons. The number of aliphatic hydroxyl groups is 10. The number of benzene rings is 2. The number of rotatable bonds is 9. The van der Waals surface area contributed by atoms with Crippen LogP contribution >= 0.6 is 0 Å². The molecule has 0 spiro atoms. The van der Waals surface area contributed by atoms with Crippen LogP contribution in [0.15, 0.2) is 45.6 Å². The van der Waals surface area contributed by atoms with Crippen LogP contribution in [0, 0.1) is 0 Å². The van der Waals surface area contributed by atoms with Crippen LogP contribution in [0.25, 0.3) is 22.3 Å². The van der Waals surface area contributed by atoms with Gasteiger partial charge in [0.2, 0.25) is 12.6 Å². The average molecular weight is 757 g/mol. The molecule has 1 aromatic heterocycles. The summed E-state index contributed by atoms with van der Waals surface area (Å²) >= 11 is 0. The SMILES string of the molecule is C[C@@H]1O[C@@H](O[C@@H]2[C@@H](Oc3cc(O)c4c(=O)cc(-c5ccc(O[C@H]6O[C@@H](CO)[C@H](O)[C@H](O)[C@@H]6O)c(O)c5)oc4c3)O[C@@H](CO)[C@H](O)[C@H]2O)[C@@H](O)[C@@H](O)[C@H]1O. The molecule has 0 bridgehead atoms. The highest BCUT2D eigenvalue weighted by molar-refractivity contribution is 5.86. The average Bonchev–Trinajstić information content (AvgIpc) is 3.12. The zero-order chi connectivity index (χ0) is 38.5. The maximum absolute atomic E-state index is 13.1. The van der Waals surface area contributed by atoms with Gasteiger partial charge in [0.15, 0.2) is 29.3 Å². The molecule has 12 N–H and O–H groups in total. The molecule has 53 heavy (non-hydrogen) atoms. The lowest BCUT2D eigenvalue weighted by molar-refractivity contribution is -0.354. The van der Waals surface area contributed by atoms with Crippen molar-refractivity contribution in [1.29, 1.82) is 0 Å². The van der Waals surface area contributed by atoms with Gasteiger partial charge < -0.3 is 94.1 Å². The summed E-state index contributed by atoms with van der Waals surface area (Å²) in [5, 5.41) is 123. The van der Waals surface area contributed by atoms with Crippen LogP contribution in [0.1, 0.15) is 6.92 Å². The lowest BCUT2D eigenvalue weighted by Gasteiger charge is -2.45. The van der Waals surface area contributed by atoms with Gasteiger partial charge in [-0.05, 0) is 25.1 Å². The van der Waals surface area contributed by atoms with E-state index in [0.717, 1.165) is 24.3 Å². The molecule has 6 rings (SSSR count). The first-order valence-corrected chi connectivity index (χ1v) is 16.4. The molecular weight excluding hydrogens is 716 g/mol. The number of hydrogen-bond donors (Lipinski definition) is 12. The van der Waals surface area contributed by atoms with Gasteiger partial charge in [-0.25, -0.2) is 0 Å². The van der Waals surface area contributed by atoms with E-state index in [4.69, 9.17) is 32.8 Å². The zero-order valence-electron chi connectivity index (χ0n) is 27.7. The maximum atomic E-state index is 13.1. The molecule has 0 saturated carbocycles. The van der Waals surface area contributed by atoms with Crippen molar-refractivity contribution < 1.29 is 94.1 Å². The number of phenolic OH excluding ortho intramolecular Hbond substituents is 2. The molecule has 0 radical (unpaired) electrons. The van der Waals surface area contributed by atoms with Gasteiger partial charge in [-0.3, -0.25) is 4.79 Å². The third-order valence-electron chi connectivity index (χ3n) is 9.29. The Morgan fingerprint density at radius 1 is 0.642 bits per heavy atom. The van der Waals surface area contributed by atoms with Crippen molar-refractivity contribution in [2.45, 2.75) is 99.0 Å². The van der Waals surface area contributed by atoms with E-state index >= 15 is 0 Å². The van der Waals surface area contributed by atoms with E-state index in [0.29, 0.717) is 0 Å². The van der Waals surface area contributed by atoms with E-state index in [9.17, 15) is 66.1 Å². The number of hydrogen-bond acceptors (Lipinski definition) is 20. The molecule has 20 heteroatoms. The van der Waals surface area contributed by atoms with E-state index in [1.54, 1.807) is 0 Å². The van der Waals surface area contributed by atoms with Crippen molar-refractivity contribution in [3.63, 3.8) is 0 Å². The monoisotopic (exact) mass is 756 g/mol. The Labute approximate surface area is 298 Å². The van der Waals surface area contributed by atoms with Crippen LogP contribution < -0.4 is 14.9 Å². The van der Waals surface area contributed by atoms with Gasteiger partial charge in [0.05, 0.1) is 19.3 Å². The Morgan fingerprint density at radius 2 is 1.26 bits per heavy atom. The Balaban J connectivity index is 1.26. The van der Waals surface area contributed by atoms with Crippen LogP contribution in [0.4, 0.5) is 0 Å². The van der Waals surface area contributed by atoms with E-state index in [1.165, 1.54) is 19.1 Å². The smallest absolute Gasteiger partial charge is 0.229 e. The second kappa shape index (κ2) is 15.6. The van der Waals surface area contributed by atoms with Gasteiger partial charge in [-0.15, -0.1) is 0 Å². The largest absolute Gasteiger partial charge is 0.507 e. The van der Waals surface area contributed by atoms with Gasteiger partial charge in [0.1, 0.15) is 89.3 Å². The van der Waals surface area contributed by atoms with Crippen molar-refractivity contribution >= 4 is 11.0 Å². The quantitative estimate of drug-likeness (QED) is 0.0992. The standard InChI is InChI=1S/C33H40O20/c1-10-22(39)25(42)28(45)31(47-10)53-30-27(44)24(41)20(9-35)52-33(30)48-12-5-14(37)21-15(38)7-17(49-18(21)6-12)11-2-3-16(13(36)4-11)50-32-29(46)26(43)23(40)19(8-34)51-32/h2-7,10,19-20,22-37,39-46H,8-9H2,1H3/t10-,19-,20-,22-,23-,24-,25-,26-,27+,28-,29-,30-,31-,32-,33-/m0/s1. The summed E-state index contributed by atoms with van der Waals surface area (Å²) in [6.07, 6.45) is -24.0. The fraction of sp³-hybridized carbons (Fsp3) is 0.545. The normalized spacial score (nSPS) is 37.8. The third kappa shape index (κ3) is 7.52.